The van der Waals surface area contributed by atoms with Gasteiger partial charge in [0.05, 0.1) is 27.8 Å². The van der Waals surface area contributed by atoms with Gasteiger partial charge in [-0.05, 0) is 19.1 Å². The van der Waals surface area contributed by atoms with Crippen molar-refractivity contribution in [3.8, 4) is 11.4 Å². The van der Waals surface area contributed by atoms with Crippen molar-refractivity contribution >= 4 is 34.1 Å². The second-order valence-corrected chi connectivity index (χ2v) is 6.70. The zero-order valence-corrected chi connectivity index (χ0v) is 15.6. The summed E-state index contributed by atoms with van der Waals surface area (Å²) in [5.74, 6) is 0.446. The van der Waals surface area contributed by atoms with E-state index in [4.69, 9.17) is 11.6 Å². The Bertz CT molecular complexity index is 1230. The first kappa shape index (κ1) is 17.3. The maximum Gasteiger partial charge on any atom is 0.274 e. The van der Waals surface area contributed by atoms with Crippen LogP contribution in [0.25, 0.3) is 27.9 Å². The van der Waals surface area contributed by atoms with Crippen LogP contribution in [0.15, 0.2) is 53.5 Å². The number of nitrogens with zero attached hydrogens (tertiary/aromatic N) is 3. The summed E-state index contributed by atoms with van der Waals surface area (Å²) in [7, 11) is 1.71. The first-order valence-electron chi connectivity index (χ1n) is 8.55. The molecule has 0 bridgehead atoms. The van der Waals surface area contributed by atoms with E-state index in [0.717, 1.165) is 5.56 Å². The Balaban J connectivity index is 2.04. The summed E-state index contributed by atoms with van der Waals surface area (Å²) < 4.78 is 1.77. The molecule has 0 aliphatic rings. The molecule has 0 saturated carbocycles. The molecule has 1 N–H and O–H groups in total. The van der Waals surface area contributed by atoms with Gasteiger partial charge in [0.25, 0.3) is 11.5 Å². The van der Waals surface area contributed by atoms with Gasteiger partial charge in [0.2, 0.25) is 0 Å². The number of carbonyl (C=O) groups excluding carboxylic acids is 1. The Hall–Kier alpha value is -3.12. The summed E-state index contributed by atoms with van der Waals surface area (Å²) in [5, 5.41) is 0.328. The predicted molar refractivity (Wildman–Crippen MR) is 106 cm³/mol. The molecular weight excluding hydrogens is 364 g/mol. The van der Waals surface area contributed by atoms with Crippen LogP contribution in [0.4, 0.5) is 0 Å². The number of amides is 1. The summed E-state index contributed by atoms with van der Waals surface area (Å²) in [6.45, 7) is 2.44. The average molecular weight is 381 g/mol. The van der Waals surface area contributed by atoms with Gasteiger partial charge in [0.1, 0.15) is 11.3 Å². The summed E-state index contributed by atoms with van der Waals surface area (Å²) in [5.41, 5.74) is 2.58. The molecule has 27 heavy (non-hydrogen) atoms. The van der Waals surface area contributed by atoms with Crippen molar-refractivity contribution in [1.29, 1.82) is 0 Å². The molecule has 6 nitrogen and oxygen atoms in total. The van der Waals surface area contributed by atoms with Crippen molar-refractivity contribution in [2.45, 2.75) is 6.92 Å². The number of carbonyl (C=O) groups is 1. The molecule has 0 spiro atoms. The zero-order valence-electron chi connectivity index (χ0n) is 14.9. The number of halogens is 1. The van der Waals surface area contributed by atoms with E-state index in [9.17, 15) is 9.59 Å². The van der Waals surface area contributed by atoms with E-state index >= 15 is 0 Å². The van der Waals surface area contributed by atoms with E-state index in [2.05, 4.69) is 9.97 Å². The molecular formula is C20H17ClN4O2. The van der Waals surface area contributed by atoms with Crippen molar-refractivity contribution in [1.82, 2.24) is 19.3 Å². The number of hydrogen-bond acceptors (Lipinski definition) is 3. The van der Waals surface area contributed by atoms with Crippen molar-refractivity contribution in [2.24, 2.45) is 0 Å². The number of hydrogen-bond donors (Lipinski definition) is 1. The van der Waals surface area contributed by atoms with Crippen LogP contribution in [0, 0.1) is 0 Å². The molecule has 0 aliphatic carbocycles. The average Bonchev–Trinajstić information content (AvgIpc) is 3.14. The van der Waals surface area contributed by atoms with E-state index in [0.29, 0.717) is 39.5 Å². The van der Waals surface area contributed by atoms with Gasteiger partial charge >= 0.3 is 0 Å². The molecule has 4 rings (SSSR count). The molecule has 0 atom stereocenters. The van der Waals surface area contributed by atoms with Crippen LogP contribution in [-0.4, -0.2) is 38.8 Å². The number of benzene rings is 2. The molecule has 2 heterocycles. The molecule has 2 aromatic carbocycles. The molecule has 1 amide bonds. The van der Waals surface area contributed by atoms with E-state index in [1.54, 1.807) is 34.7 Å². The quantitative estimate of drug-likeness (QED) is 0.590. The van der Waals surface area contributed by atoms with Crippen molar-refractivity contribution < 1.29 is 4.79 Å². The van der Waals surface area contributed by atoms with Gasteiger partial charge in [-0.1, -0.05) is 41.9 Å². The van der Waals surface area contributed by atoms with Gasteiger partial charge in [-0.3, -0.25) is 14.0 Å². The first-order chi connectivity index (χ1) is 13.0. The third-order valence-corrected chi connectivity index (χ3v) is 4.97. The van der Waals surface area contributed by atoms with Crippen molar-refractivity contribution in [3.05, 3.63) is 69.6 Å². The van der Waals surface area contributed by atoms with Gasteiger partial charge in [-0.15, -0.1) is 0 Å². The molecule has 0 unspecified atom stereocenters. The maximum atomic E-state index is 12.6. The summed E-state index contributed by atoms with van der Waals surface area (Å²) in [6.07, 6.45) is 1.54. The van der Waals surface area contributed by atoms with Gasteiger partial charge < -0.3 is 9.88 Å². The number of fused-ring (bicyclic) bond motifs is 3. The van der Waals surface area contributed by atoms with E-state index in [1.807, 2.05) is 37.3 Å². The SMILES string of the molecule is CCN(C)C(=O)c1cc2[nH]c(=O)c3cnc(-c4ccccc4)n3c2cc1Cl. The smallest absolute Gasteiger partial charge is 0.274 e. The number of imidazole rings is 1. The van der Waals surface area contributed by atoms with Crippen molar-refractivity contribution in [3.63, 3.8) is 0 Å². The molecule has 0 fully saturated rings. The summed E-state index contributed by atoms with van der Waals surface area (Å²) >= 11 is 6.43. The predicted octanol–water partition coefficient (Wildman–Crippen LogP) is 3.59. The second kappa shape index (κ2) is 6.55. The molecule has 2 aromatic heterocycles. The Morgan fingerprint density at radius 1 is 1.22 bits per heavy atom. The zero-order chi connectivity index (χ0) is 19.1. The maximum absolute atomic E-state index is 12.6. The summed E-state index contributed by atoms with van der Waals surface area (Å²) in [6, 6.07) is 12.9. The van der Waals surface area contributed by atoms with Crippen LogP contribution in [0.5, 0.6) is 0 Å². The van der Waals surface area contributed by atoms with Crippen LogP contribution >= 0.6 is 11.6 Å². The van der Waals surface area contributed by atoms with E-state index < -0.39 is 0 Å². The highest BCUT2D eigenvalue weighted by atomic mass is 35.5. The van der Waals surface area contributed by atoms with Gasteiger partial charge in [0.15, 0.2) is 0 Å². The summed E-state index contributed by atoms with van der Waals surface area (Å²) in [4.78, 5) is 33.9. The third-order valence-electron chi connectivity index (χ3n) is 4.65. The molecule has 7 heteroatoms. The standard InChI is InChI=1S/C20H17ClN4O2/c1-3-24(2)20(27)13-9-15-16(10-14(13)21)25-17(19(26)23-15)11-22-18(25)12-7-5-4-6-8-12/h4-11H,3H2,1-2H3,(H,23,26). The molecule has 0 radical (unpaired) electrons. The monoisotopic (exact) mass is 380 g/mol. The molecule has 0 saturated heterocycles. The van der Waals surface area contributed by atoms with Gasteiger partial charge in [-0.25, -0.2) is 4.98 Å². The Labute approximate surface area is 160 Å². The van der Waals surface area contributed by atoms with Crippen LogP contribution in [0.3, 0.4) is 0 Å². The number of rotatable bonds is 3. The number of nitrogens with one attached hydrogen (secondary N) is 1. The minimum Gasteiger partial charge on any atom is -0.342 e. The molecule has 0 aliphatic heterocycles. The lowest BCUT2D eigenvalue weighted by atomic mass is 10.1. The third kappa shape index (κ3) is 2.78. The van der Waals surface area contributed by atoms with E-state index in [-0.39, 0.29) is 11.5 Å². The minimum absolute atomic E-state index is 0.195. The van der Waals surface area contributed by atoms with Crippen LogP contribution in [0.2, 0.25) is 5.02 Å². The topological polar surface area (TPSA) is 70.5 Å². The van der Waals surface area contributed by atoms with Crippen molar-refractivity contribution in [2.75, 3.05) is 13.6 Å². The van der Waals surface area contributed by atoms with E-state index in [1.165, 1.54) is 0 Å². The molecule has 4 aromatic rings. The van der Waals surface area contributed by atoms with Gasteiger partial charge in [-0.2, -0.15) is 0 Å². The van der Waals surface area contributed by atoms with Gasteiger partial charge in [0, 0.05) is 19.2 Å². The number of aromatic nitrogens is 3. The fourth-order valence-electron chi connectivity index (χ4n) is 3.09. The largest absolute Gasteiger partial charge is 0.342 e. The Morgan fingerprint density at radius 3 is 2.67 bits per heavy atom. The Morgan fingerprint density at radius 2 is 1.96 bits per heavy atom. The normalized spacial score (nSPS) is 11.2. The number of aromatic amines is 1. The lowest BCUT2D eigenvalue weighted by molar-refractivity contribution is 0.0802. The fraction of sp³-hybridized carbons (Fsp3) is 0.150. The second-order valence-electron chi connectivity index (χ2n) is 6.29. The van der Waals surface area contributed by atoms with Crippen LogP contribution < -0.4 is 5.56 Å². The lowest BCUT2D eigenvalue weighted by Gasteiger charge is -2.16. The highest BCUT2D eigenvalue weighted by Crippen LogP contribution is 2.27. The Kier molecular flexibility index (Phi) is 4.20. The van der Waals surface area contributed by atoms with Crippen LogP contribution in [0.1, 0.15) is 17.3 Å². The fourth-order valence-corrected chi connectivity index (χ4v) is 3.33. The highest BCUT2D eigenvalue weighted by molar-refractivity contribution is 6.34. The minimum atomic E-state index is -0.276. The first-order valence-corrected chi connectivity index (χ1v) is 8.93. The van der Waals surface area contributed by atoms with Crippen LogP contribution in [-0.2, 0) is 0 Å². The molecule has 136 valence electrons. The lowest BCUT2D eigenvalue weighted by Crippen LogP contribution is -2.26. The highest BCUT2D eigenvalue weighted by Gasteiger charge is 2.18. The number of H-pyrrole nitrogens is 1.